The molecule has 0 atom stereocenters. The zero-order valence-corrected chi connectivity index (χ0v) is 15.6. The fraction of sp³-hybridized carbons (Fsp3) is 0.238. The van der Waals surface area contributed by atoms with Crippen LogP contribution in [0.3, 0.4) is 0 Å². The Labute approximate surface area is 167 Å². The van der Waals surface area contributed by atoms with Crippen LogP contribution in [-0.4, -0.2) is 47.3 Å². The minimum atomic E-state index is -0.936. The first-order valence-corrected chi connectivity index (χ1v) is 9.37. The number of hydrogen-bond donors (Lipinski definition) is 3. The molecule has 0 bridgehead atoms. The molecule has 2 fully saturated rings. The van der Waals surface area contributed by atoms with Crippen molar-refractivity contribution < 1.29 is 19.2 Å². The van der Waals surface area contributed by atoms with Crippen molar-refractivity contribution in [1.82, 2.24) is 15.5 Å². The van der Waals surface area contributed by atoms with Crippen molar-refractivity contribution in [2.75, 3.05) is 18.4 Å². The third kappa shape index (κ3) is 3.56. The normalized spacial score (nSPS) is 17.6. The largest absolute Gasteiger partial charge is 0.338 e. The minimum Gasteiger partial charge on any atom is -0.338 e. The van der Waals surface area contributed by atoms with E-state index in [2.05, 4.69) is 16.0 Å². The fourth-order valence-electron chi connectivity index (χ4n) is 3.70. The third-order valence-corrected chi connectivity index (χ3v) is 5.36. The third-order valence-electron chi connectivity index (χ3n) is 5.36. The summed E-state index contributed by atoms with van der Waals surface area (Å²) in [7, 11) is 0. The van der Waals surface area contributed by atoms with Gasteiger partial charge in [-0.3, -0.25) is 19.7 Å². The highest BCUT2D eigenvalue weighted by Gasteiger charge is 2.48. The number of nitrogens with zero attached hydrogens (tertiary/aromatic N) is 1. The van der Waals surface area contributed by atoms with E-state index in [9.17, 15) is 19.2 Å². The zero-order valence-electron chi connectivity index (χ0n) is 15.6. The Morgan fingerprint density at radius 1 is 0.931 bits per heavy atom. The summed E-state index contributed by atoms with van der Waals surface area (Å²) in [6.07, 6.45) is 0.684. The van der Waals surface area contributed by atoms with Gasteiger partial charge in [0.1, 0.15) is 5.54 Å². The lowest BCUT2D eigenvalue weighted by atomic mass is 9.87. The number of carbonyl (C=O) groups is 4. The van der Waals surface area contributed by atoms with Crippen LogP contribution in [0.15, 0.2) is 54.6 Å². The summed E-state index contributed by atoms with van der Waals surface area (Å²) in [5.74, 6) is -0.868. The minimum absolute atomic E-state index is 0.228. The molecule has 29 heavy (non-hydrogen) atoms. The maximum absolute atomic E-state index is 13.1. The maximum atomic E-state index is 13.1. The van der Waals surface area contributed by atoms with E-state index in [0.717, 1.165) is 0 Å². The number of urea groups is 1. The second-order valence-corrected chi connectivity index (χ2v) is 7.15. The summed E-state index contributed by atoms with van der Waals surface area (Å²) in [5.41, 5.74) is 0.374. The summed E-state index contributed by atoms with van der Waals surface area (Å²) in [6, 6.07) is 15.1. The molecule has 2 saturated heterocycles. The Morgan fingerprint density at radius 3 is 2.24 bits per heavy atom. The van der Waals surface area contributed by atoms with Crippen LogP contribution in [0.5, 0.6) is 0 Å². The molecule has 0 aromatic heterocycles. The van der Waals surface area contributed by atoms with Gasteiger partial charge in [0.25, 0.3) is 17.7 Å². The van der Waals surface area contributed by atoms with Gasteiger partial charge in [0.15, 0.2) is 0 Å². The van der Waals surface area contributed by atoms with Gasteiger partial charge in [-0.1, -0.05) is 30.3 Å². The SMILES string of the molecule is O=C1NC(=O)C2(CCN(C(=O)c3ccccc3NC(=O)c3ccccc3)CC2)N1. The van der Waals surface area contributed by atoms with Crippen LogP contribution in [0.2, 0.25) is 0 Å². The molecule has 1 spiro atoms. The lowest BCUT2D eigenvalue weighted by molar-refractivity contribution is -0.125. The van der Waals surface area contributed by atoms with E-state index in [4.69, 9.17) is 0 Å². The van der Waals surface area contributed by atoms with Crippen LogP contribution < -0.4 is 16.0 Å². The molecule has 0 unspecified atom stereocenters. The van der Waals surface area contributed by atoms with Crippen molar-refractivity contribution in [3.05, 3.63) is 65.7 Å². The molecule has 2 aromatic rings. The maximum Gasteiger partial charge on any atom is 0.322 e. The van der Waals surface area contributed by atoms with Crippen LogP contribution >= 0.6 is 0 Å². The van der Waals surface area contributed by atoms with Crippen molar-refractivity contribution in [3.8, 4) is 0 Å². The first-order chi connectivity index (χ1) is 14.0. The number of likely N-dealkylation sites (tertiary alicyclic amines) is 1. The quantitative estimate of drug-likeness (QED) is 0.692. The Kier molecular flexibility index (Phi) is 4.75. The summed E-state index contributed by atoms with van der Waals surface area (Å²) in [5, 5.41) is 7.74. The van der Waals surface area contributed by atoms with Gasteiger partial charge in [0.2, 0.25) is 0 Å². The highest BCUT2D eigenvalue weighted by molar-refractivity contribution is 6.09. The molecule has 2 aliphatic rings. The lowest BCUT2D eigenvalue weighted by Crippen LogP contribution is -2.55. The van der Waals surface area contributed by atoms with E-state index in [1.165, 1.54) is 0 Å². The highest BCUT2D eigenvalue weighted by atomic mass is 16.2. The van der Waals surface area contributed by atoms with Crippen molar-refractivity contribution >= 4 is 29.4 Å². The standard InChI is InChI=1S/C21H20N4O4/c26-17(14-6-2-1-3-7-14)22-16-9-5-4-8-15(16)18(27)25-12-10-21(11-13-25)19(28)23-20(29)24-21/h1-9H,10-13H2,(H,22,26)(H2,23,24,28,29). The number of imide groups is 1. The second-order valence-electron chi connectivity index (χ2n) is 7.15. The van der Waals surface area contributed by atoms with E-state index in [0.29, 0.717) is 42.7 Å². The number of para-hydroxylation sites is 1. The van der Waals surface area contributed by atoms with Gasteiger partial charge < -0.3 is 15.5 Å². The zero-order chi connectivity index (χ0) is 20.4. The number of hydrogen-bond acceptors (Lipinski definition) is 4. The van der Waals surface area contributed by atoms with E-state index in [-0.39, 0.29) is 17.7 Å². The summed E-state index contributed by atoms with van der Waals surface area (Å²) in [6.45, 7) is 0.654. The molecule has 3 N–H and O–H groups in total. The van der Waals surface area contributed by atoms with Crippen molar-refractivity contribution in [2.24, 2.45) is 0 Å². The van der Waals surface area contributed by atoms with Crippen molar-refractivity contribution in [1.29, 1.82) is 0 Å². The fourth-order valence-corrected chi connectivity index (χ4v) is 3.70. The van der Waals surface area contributed by atoms with Crippen molar-refractivity contribution in [2.45, 2.75) is 18.4 Å². The van der Waals surface area contributed by atoms with Crippen LogP contribution in [0, 0.1) is 0 Å². The van der Waals surface area contributed by atoms with Gasteiger partial charge in [0.05, 0.1) is 11.3 Å². The predicted octanol–water partition coefficient (Wildman–Crippen LogP) is 1.75. The Balaban J connectivity index is 1.48. The Bertz CT molecular complexity index is 981. The number of carbonyl (C=O) groups excluding carboxylic acids is 4. The molecule has 0 saturated carbocycles. The van der Waals surface area contributed by atoms with Gasteiger partial charge in [-0.15, -0.1) is 0 Å². The number of nitrogens with one attached hydrogen (secondary N) is 3. The summed E-state index contributed by atoms with van der Waals surface area (Å²) in [4.78, 5) is 50.7. The average molecular weight is 392 g/mol. The molecule has 8 nitrogen and oxygen atoms in total. The first kappa shape index (κ1) is 18.7. The summed E-state index contributed by atoms with van der Waals surface area (Å²) < 4.78 is 0. The number of anilines is 1. The van der Waals surface area contributed by atoms with Gasteiger partial charge in [-0.25, -0.2) is 4.79 Å². The smallest absolute Gasteiger partial charge is 0.322 e. The number of amides is 5. The monoisotopic (exact) mass is 392 g/mol. The molecule has 148 valence electrons. The molecular formula is C21H20N4O4. The topological polar surface area (TPSA) is 108 Å². The lowest BCUT2D eigenvalue weighted by Gasteiger charge is -2.37. The van der Waals surface area contributed by atoms with E-state index in [1.54, 1.807) is 53.4 Å². The van der Waals surface area contributed by atoms with E-state index in [1.807, 2.05) is 6.07 Å². The van der Waals surface area contributed by atoms with Gasteiger partial charge in [-0.2, -0.15) is 0 Å². The van der Waals surface area contributed by atoms with E-state index >= 15 is 0 Å². The van der Waals surface area contributed by atoms with Gasteiger partial charge in [-0.05, 0) is 37.1 Å². The summed E-state index contributed by atoms with van der Waals surface area (Å²) >= 11 is 0. The van der Waals surface area contributed by atoms with E-state index < -0.39 is 11.6 Å². The number of piperidine rings is 1. The second kappa shape index (κ2) is 7.38. The number of rotatable bonds is 3. The molecule has 2 aromatic carbocycles. The van der Waals surface area contributed by atoms with Crippen LogP contribution in [0.25, 0.3) is 0 Å². The van der Waals surface area contributed by atoms with Crippen LogP contribution in [0.1, 0.15) is 33.6 Å². The van der Waals surface area contributed by atoms with Crippen LogP contribution in [0.4, 0.5) is 10.5 Å². The molecular weight excluding hydrogens is 372 g/mol. The Hall–Kier alpha value is -3.68. The average Bonchev–Trinajstić information content (AvgIpc) is 3.01. The molecule has 0 radical (unpaired) electrons. The molecule has 2 aliphatic heterocycles. The number of benzene rings is 2. The van der Waals surface area contributed by atoms with Crippen LogP contribution in [-0.2, 0) is 4.79 Å². The molecule has 0 aliphatic carbocycles. The molecule has 8 heteroatoms. The molecule has 5 amide bonds. The molecule has 4 rings (SSSR count). The molecule has 2 heterocycles. The van der Waals surface area contributed by atoms with Gasteiger partial charge in [0, 0.05) is 18.7 Å². The first-order valence-electron chi connectivity index (χ1n) is 9.37. The van der Waals surface area contributed by atoms with Gasteiger partial charge >= 0.3 is 6.03 Å². The van der Waals surface area contributed by atoms with Crippen molar-refractivity contribution in [3.63, 3.8) is 0 Å². The Morgan fingerprint density at radius 2 is 1.59 bits per heavy atom. The highest BCUT2D eigenvalue weighted by Crippen LogP contribution is 2.27. The predicted molar refractivity (Wildman–Crippen MR) is 105 cm³/mol.